The summed E-state index contributed by atoms with van der Waals surface area (Å²) in [7, 11) is 0. The summed E-state index contributed by atoms with van der Waals surface area (Å²) in [5.41, 5.74) is 7.95. The van der Waals surface area contributed by atoms with Crippen molar-refractivity contribution < 1.29 is 0 Å². The molecule has 0 saturated heterocycles. The van der Waals surface area contributed by atoms with Crippen molar-refractivity contribution in [3.8, 4) is 0 Å². The van der Waals surface area contributed by atoms with Crippen LogP contribution >= 0.6 is 0 Å². The molecule has 0 aromatic carbocycles. The molecule has 0 saturated carbocycles. The normalized spacial score (nSPS) is 17.1. The van der Waals surface area contributed by atoms with E-state index in [2.05, 4.69) is 28.9 Å². The average molecular weight is 192 g/mol. The fraction of sp³-hybridized carbons (Fsp3) is 0.600. The van der Waals surface area contributed by atoms with Gasteiger partial charge in [-0.2, -0.15) is 5.10 Å². The van der Waals surface area contributed by atoms with E-state index in [4.69, 9.17) is 5.73 Å². The summed E-state index contributed by atoms with van der Waals surface area (Å²) in [4.78, 5) is 2.42. The highest BCUT2D eigenvalue weighted by atomic mass is 15.2. The van der Waals surface area contributed by atoms with Gasteiger partial charge < -0.3 is 5.73 Å². The van der Waals surface area contributed by atoms with Crippen LogP contribution in [0.15, 0.2) is 6.07 Å². The van der Waals surface area contributed by atoms with Gasteiger partial charge in [0.05, 0.1) is 5.69 Å². The third-order valence-electron chi connectivity index (χ3n) is 2.72. The number of anilines is 1. The van der Waals surface area contributed by atoms with Gasteiger partial charge >= 0.3 is 0 Å². The number of nitrogen functional groups attached to an aromatic ring is 1. The van der Waals surface area contributed by atoms with Crippen LogP contribution in [-0.4, -0.2) is 27.7 Å². The molecule has 0 fully saturated rings. The highest BCUT2D eigenvalue weighted by molar-refractivity contribution is 5.34. The number of fused-ring (bicyclic) bond motifs is 1. The molecule has 0 unspecified atom stereocenters. The maximum absolute atomic E-state index is 5.61. The van der Waals surface area contributed by atoms with Crippen LogP contribution in [0.3, 0.4) is 0 Å². The Kier molecular flexibility index (Phi) is 2.37. The van der Waals surface area contributed by atoms with Gasteiger partial charge in [0.25, 0.3) is 0 Å². The van der Waals surface area contributed by atoms with Gasteiger partial charge in [0, 0.05) is 25.6 Å². The largest absolute Gasteiger partial charge is 0.382 e. The van der Waals surface area contributed by atoms with Crippen LogP contribution in [0.25, 0.3) is 0 Å². The molecule has 2 rings (SSSR count). The Balaban J connectivity index is 2.24. The SMILES string of the molecule is CC(C)N1CCc2nnc(N)cc2C1. The molecule has 4 heteroatoms. The second-order valence-electron chi connectivity index (χ2n) is 4.06. The van der Waals surface area contributed by atoms with Crippen molar-refractivity contribution in [3.63, 3.8) is 0 Å². The van der Waals surface area contributed by atoms with Crippen LogP contribution in [0.5, 0.6) is 0 Å². The van der Waals surface area contributed by atoms with Crippen molar-refractivity contribution >= 4 is 5.82 Å². The van der Waals surface area contributed by atoms with E-state index in [9.17, 15) is 0 Å². The zero-order chi connectivity index (χ0) is 10.1. The molecule has 76 valence electrons. The summed E-state index contributed by atoms with van der Waals surface area (Å²) in [6.07, 6.45) is 0.987. The van der Waals surface area contributed by atoms with E-state index in [1.165, 1.54) is 5.56 Å². The Bertz CT molecular complexity index is 335. The fourth-order valence-electron chi connectivity index (χ4n) is 1.81. The third-order valence-corrected chi connectivity index (χ3v) is 2.72. The molecule has 0 atom stereocenters. The van der Waals surface area contributed by atoms with E-state index in [-0.39, 0.29) is 0 Å². The van der Waals surface area contributed by atoms with Crippen molar-refractivity contribution in [1.82, 2.24) is 15.1 Å². The maximum Gasteiger partial charge on any atom is 0.146 e. The van der Waals surface area contributed by atoms with Gasteiger partial charge in [-0.15, -0.1) is 5.10 Å². The number of rotatable bonds is 1. The number of aromatic nitrogens is 2. The van der Waals surface area contributed by atoms with Gasteiger partial charge in [-0.1, -0.05) is 0 Å². The van der Waals surface area contributed by atoms with E-state index in [0.717, 1.165) is 25.2 Å². The van der Waals surface area contributed by atoms with Crippen LogP contribution in [-0.2, 0) is 13.0 Å². The van der Waals surface area contributed by atoms with E-state index < -0.39 is 0 Å². The second-order valence-corrected chi connectivity index (χ2v) is 4.06. The predicted molar refractivity (Wildman–Crippen MR) is 55.7 cm³/mol. The Morgan fingerprint density at radius 1 is 1.43 bits per heavy atom. The zero-order valence-corrected chi connectivity index (χ0v) is 8.70. The number of nitrogens with two attached hydrogens (primary N) is 1. The van der Waals surface area contributed by atoms with Gasteiger partial charge in [0.15, 0.2) is 0 Å². The summed E-state index contributed by atoms with van der Waals surface area (Å²) < 4.78 is 0. The molecular formula is C10H16N4. The first-order chi connectivity index (χ1) is 6.66. The van der Waals surface area contributed by atoms with Gasteiger partial charge in [-0.25, -0.2) is 0 Å². The third kappa shape index (κ3) is 1.70. The van der Waals surface area contributed by atoms with Crippen LogP contribution in [0.1, 0.15) is 25.1 Å². The topological polar surface area (TPSA) is 55.0 Å². The van der Waals surface area contributed by atoms with Crippen molar-refractivity contribution in [2.24, 2.45) is 0 Å². The smallest absolute Gasteiger partial charge is 0.146 e. The summed E-state index contributed by atoms with van der Waals surface area (Å²) in [5.74, 6) is 0.523. The zero-order valence-electron chi connectivity index (χ0n) is 8.70. The Morgan fingerprint density at radius 3 is 2.93 bits per heavy atom. The van der Waals surface area contributed by atoms with E-state index in [0.29, 0.717) is 11.9 Å². The van der Waals surface area contributed by atoms with Crippen molar-refractivity contribution in [2.45, 2.75) is 32.9 Å². The summed E-state index contributed by atoms with van der Waals surface area (Å²) in [5, 5.41) is 7.98. The lowest BCUT2D eigenvalue weighted by Gasteiger charge is -2.30. The molecule has 14 heavy (non-hydrogen) atoms. The summed E-state index contributed by atoms with van der Waals surface area (Å²) in [6, 6.07) is 2.52. The quantitative estimate of drug-likeness (QED) is 0.716. The number of hydrogen-bond acceptors (Lipinski definition) is 4. The molecule has 0 radical (unpaired) electrons. The molecule has 0 amide bonds. The lowest BCUT2D eigenvalue weighted by molar-refractivity contribution is 0.201. The second kappa shape index (κ2) is 3.53. The Labute approximate surface area is 84.1 Å². The molecule has 2 heterocycles. The molecule has 1 aromatic heterocycles. The van der Waals surface area contributed by atoms with E-state index in [1.54, 1.807) is 0 Å². The molecule has 4 nitrogen and oxygen atoms in total. The summed E-state index contributed by atoms with van der Waals surface area (Å²) >= 11 is 0. The van der Waals surface area contributed by atoms with Gasteiger partial charge in [-0.05, 0) is 25.5 Å². The fourth-order valence-corrected chi connectivity index (χ4v) is 1.81. The lowest BCUT2D eigenvalue weighted by atomic mass is 10.1. The Hall–Kier alpha value is -1.16. The van der Waals surface area contributed by atoms with Crippen LogP contribution in [0.2, 0.25) is 0 Å². The standard InChI is InChI=1S/C10H16N4/c1-7(2)14-4-3-9-8(6-14)5-10(11)13-12-9/h5,7H,3-4,6H2,1-2H3,(H2,11,13). The minimum Gasteiger partial charge on any atom is -0.382 e. The summed E-state index contributed by atoms with van der Waals surface area (Å²) in [6.45, 7) is 6.45. The maximum atomic E-state index is 5.61. The molecular weight excluding hydrogens is 176 g/mol. The van der Waals surface area contributed by atoms with Gasteiger partial charge in [0.1, 0.15) is 5.82 Å². The van der Waals surface area contributed by atoms with E-state index >= 15 is 0 Å². The Morgan fingerprint density at radius 2 is 2.21 bits per heavy atom. The number of nitrogens with zero attached hydrogens (tertiary/aromatic N) is 3. The highest BCUT2D eigenvalue weighted by Gasteiger charge is 2.19. The molecule has 1 aliphatic rings. The molecule has 2 N–H and O–H groups in total. The van der Waals surface area contributed by atoms with Gasteiger partial charge in [0.2, 0.25) is 0 Å². The first-order valence-corrected chi connectivity index (χ1v) is 5.02. The highest BCUT2D eigenvalue weighted by Crippen LogP contribution is 2.19. The lowest BCUT2D eigenvalue weighted by Crippen LogP contribution is -2.36. The monoisotopic (exact) mass is 192 g/mol. The van der Waals surface area contributed by atoms with Crippen molar-refractivity contribution in [1.29, 1.82) is 0 Å². The molecule has 1 aliphatic heterocycles. The minimum absolute atomic E-state index is 0.523. The van der Waals surface area contributed by atoms with Gasteiger partial charge in [-0.3, -0.25) is 4.90 Å². The van der Waals surface area contributed by atoms with E-state index in [1.807, 2.05) is 6.07 Å². The van der Waals surface area contributed by atoms with Crippen LogP contribution in [0, 0.1) is 0 Å². The number of hydrogen-bond donors (Lipinski definition) is 1. The average Bonchev–Trinajstić information content (AvgIpc) is 2.16. The molecule has 0 aliphatic carbocycles. The van der Waals surface area contributed by atoms with Crippen molar-refractivity contribution in [2.75, 3.05) is 12.3 Å². The minimum atomic E-state index is 0.523. The van der Waals surface area contributed by atoms with Crippen LogP contribution < -0.4 is 5.73 Å². The first-order valence-electron chi connectivity index (χ1n) is 5.02. The molecule has 0 spiro atoms. The van der Waals surface area contributed by atoms with Crippen LogP contribution in [0.4, 0.5) is 5.82 Å². The van der Waals surface area contributed by atoms with Crippen molar-refractivity contribution in [3.05, 3.63) is 17.3 Å². The first kappa shape index (κ1) is 9.40. The molecule has 0 bridgehead atoms. The molecule has 1 aromatic rings. The predicted octanol–water partition coefficient (Wildman–Crippen LogP) is 0.825.